The lowest BCUT2D eigenvalue weighted by molar-refractivity contribution is -0.103. The molecular weight excluding hydrogens is 256 g/mol. The van der Waals surface area contributed by atoms with Crippen molar-refractivity contribution in [1.82, 2.24) is 9.80 Å². The molecule has 2 aliphatic rings. The van der Waals surface area contributed by atoms with E-state index < -0.39 is 0 Å². The molecule has 0 amide bonds. The second kappa shape index (κ2) is 7.18. The van der Waals surface area contributed by atoms with E-state index in [0.29, 0.717) is 0 Å². The number of aliphatic hydroxyl groups excluding tert-OH is 1. The average Bonchev–Trinajstić information content (AvgIpc) is 2.33. The minimum absolute atomic E-state index is 0.196. The van der Waals surface area contributed by atoms with Gasteiger partial charge in [-0.15, -0.1) is 0 Å². The van der Waals surface area contributed by atoms with Gasteiger partial charge in [0.1, 0.15) is 0 Å². The average molecular weight is 286 g/mol. The Morgan fingerprint density at radius 1 is 0.900 bits per heavy atom. The lowest BCUT2D eigenvalue weighted by atomic mass is 10.1. The molecule has 0 aromatic heterocycles. The fourth-order valence-electron chi connectivity index (χ4n) is 3.54. The molecule has 2 heterocycles. The van der Waals surface area contributed by atoms with Crippen LogP contribution in [-0.4, -0.2) is 84.7 Å². The van der Waals surface area contributed by atoms with Crippen LogP contribution in [-0.2, 0) is 9.47 Å². The van der Waals surface area contributed by atoms with Gasteiger partial charge in [-0.05, 0) is 27.7 Å². The fraction of sp³-hybridized carbons (Fsp3) is 1.00. The first-order valence-electron chi connectivity index (χ1n) is 7.86. The van der Waals surface area contributed by atoms with Gasteiger partial charge >= 0.3 is 0 Å². The molecule has 0 spiro atoms. The number of hydrogen-bond acceptors (Lipinski definition) is 5. The molecule has 5 unspecified atom stereocenters. The number of hydrogen-bond donors (Lipinski definition) is 1. The standard InChI is InChI=1S/C15H30N2O3/c1-11-5-16(6-12(2)19-11)9-15(10-18)17-7-13(3)20-14(4)8-17/h11-15,18H,5-10H2,1-4H3. The minimum Gasteiger partial charge on any atom is -0.395 e. The van der Waals surface area contributed by atoms with Crippen molar-refractivity contribution in [2.75, 3.05) is 39.3 Å². The van der Waals surface area contributed by atoms with Crippen LogP contribution in [0.5, 0.6) is 0 Å². The fourth-order valence-corrected chi connectivity index (χ4v) is 3.54. The zero-order valence-electron chi connectivity index (χ0n) is 13.3. The molecule has 2 saturated heterocycles. The summed E-state index contributed by atoms with van der Waals surface area (Å²) in [5, 5.41) is 9.77. The Labute approximate surface area is 122 Å². The van der Waals surface area contributed by atoms with E-state index in [4.69, 9.17) is 9.47 Å². The van der Waals surface area contributed by atoms with Gasteiger partial charge in [-0.25, -0.2) is 0 Å². The zero-order valence-corrected chi connectivity index (χ0v) is 13.3. The molecule has 5 heteroatoms. The van der Waals surface area contributed by atoms with Crippen LogP contribution in [0.1, 0.15) is 27.7 Å². The third kappa shape index (κ3) is 4.40. The molecule has 0 saturated carbocycles. The van der Waals surface area contributed by atoms with Gasteiger partial charge in [-0.3, -0.25) is 9.80 Å². The van der Waals surface area contributed by atoms with Gasteiger partial charge in [0, 0.05) is 38.8 Å². The highest BCUT2D eigenvalue weighted by Gasteiger charge is 2.30. The highest BCUT2D eigenvalue weighted by molar-refractivity contribution is 4.84. The summed E-state index contributed by atoms with van der Waals surface area (Å²) >= 11 is 0. The zero-order chi connectivity index (χ0) is 14.7. The first kappa shape index (κ1) is 16.2. The lowest BCUT2D eigenvalue weighted by Gasteiger charge is -2.43. The Hall–Kier alpha value is -0.200. The predicted molar refractivity (Wildman–Crippen MR) is 78.9 cm³/mol. The van der Waals surface area contributed by atoms with Gasteiger partial charge in [0.25, 0.3) is 0 Å². The Morgan fingerprint density at radius 3 is 1.80 bits per heavy atom. The summed E-state index contributed by atoms with van der Waals surface area (Å²) in [6.45, 7) is 13.3. The maximum absolute atomic E-state index is 9.77. The Bertz CT molecular complexity index is 283. The molecule has 118 valence electrons. The van der Waals surface area contributed by atoms with E-state index in [2.05, 4.69) is 37.5 Å². The van der Waals surface area contributed by atoms with Gasteiger partial charge < -0.3 is 14.6 Å². The van der Waals surface area contributed by atoms with Crippen LogP contribution in [0.3, 0.4) is 0 Å². The van der Waals surface area contributed by atoms with Gasteiger partial charge in [0.15, 0.2) is 0 Å². The smallest absolute Gasteiger partial charge is 0.0678 e. The molecule has 0 aromatic carbocycles. The molecule has 0 aliphatic carbocycles. The third-order valence-electron chi connectivity index (χ3n) is 4.14. The third-order valence-corrected chi connectivity index (χ3v) is 4.14. The lowest BCUT2D eigenvalue weighted by Crippen LogP contribution is -2.57. The van der Waals surface area contributed by atoms with Gasteiger partial charge in [0.05, 0.1) is 31.0 Å². The quantitative estimate of drug-likeness (QED) is 0.818. The molecule has 2 rings (SSSR count). The molecule has 0 bridgehead atoms. The van der Waals surface area contributed by atoms with Gasteiger partial charge in [-0.1, -0.05) is 0 Å². The van der Waals surface area contributed by atoms with Crippen molar-refractivity contribution in [1.29, 1.82) is 0 Å². The van der Waals surface area contributed by atoms with Crippen LogP contribution < -0.4 is 0 Å². The highest BCUT2D eigenvalue weighted by Crippen LogP contribution is 2.16. The largest absolute Gasteiger partial charge is 0.395 e. The van der Waals surface area contributed by atoms with E-state index in [1.54, 1.807) is 0 Å². The summed E-state index contributed by atoms with van der Waals surface area (Å²) in [6, 6.07) is 0.196. The predicted octanol–water partition coefficient (Wildman–Crippen LogP) is 0.566. The summed E-state index contributed by atoms with van der Waals surface area (Å²) in [5.74, 6) is 0. The van der Waals surface area contributed by atoms with Crippen LogP contribution in [0.4, 0.5) is 0 Å². The van der Waals surface area contributed by atoms with Crippen LogP contribution in [0.15, 0.2) is 0 Å². The molecule has 2 fully saturated rings. The minimum atomic E-state index is 0.196. The molecular formula is C15H30N2O3. The molecule has 0 radical (unpaired) electrons. The molecule has 5 nitrogen and oxygen atoms in total. The topological polar surface area (TPSA) is 45.2 Å². The van der Waals surface area contributed by atoms with E-state index in [1.807, 2.05) is 0 Å². The first-order valence-corrected chi connectivity index (χ1v) is 7.86. The van der Waals surface area contributed by atoms with E-state index >= 15 is 0 Å². The van der Waals surface area contributed by atoms with Crippen LogP contribution in [0.25, 0.3) is 0 Å². The van der Waals surface area contributed by atoms with Crippen LogP contribution in [0.2, 0.25) is 0 Å². The Morgan fingerprint density at radius 2 is 1.35 bits per heavy atom. The molecule has 0 aromatic rings. The van der Waals surface area contributed by atoms with Crippen molar-refractivity contribution in [2.24, 2.45) is 0 Å². The van der Waals surface area contributed by atoms with E-state index in [9.17, 15) is 5.11 Å². The SMILES string of the molecule is CC1CN(CC(CO)N2CC(C)OC(C)C2)CC(C)O1. The normalized spacial score (nSPS) is 38.9. The van der Waals surface area contributed by atoms with Crippen molar-refractivity contribution < 1.29 is 14.6 Å². The summed E-state index contributed by atoms with van der Waals surface area (Å²) < 4.78 is 11.6. The molecule has 5 atom stereocenters. The summed E-state index contributed by atoms with van der Waals surface area (Å²) in [7, 11) is 0. The number of aliphatic hydroxyl groups is 1. The van der Waals surface area contributed by atoms with E-state index in [0.717, 1.165) is 32.7 Å². The number of ether oxygens (including phenoxy) is 2. The van der Waals surface area contributed by atoms with Crippen LogP contribution >= 0.6 is 0 Å². The van der Waals surface area contributed by atoms with Gasteiger partial charge in [0.2, 0.25) is 0 Å². The molecule has 20 heavy (non-hydrogen) atoms. The van der Waals surface area contributed by atoms with E-state index in [1.165, 1.54) is 0 Å². The van der Waals surface area contributed by atoms with Crippen molar-refractivity contribution in [3.8, 4) is 0 Å². The number of morpholine rings is 2. The van der Waals surface area contributed by atoms with Gasteiger partial charge in [-0.2, -0.15) is 0 Å². The summed E-state index contributed by atoms with van der Waals surface area (Å²) in [5.41, 5.74) is 0. The molecule has 2 aliphatic heterocycles. The summed E-state index contributed by atoms with van der Waals surface area (Å²) in [4.78, 5) is 4.80. The second-order valence-electron chi connectivity index (χ2n) is 6.52. The van der Waals surface area contributed by atoms with E-state index in [-0.39, 0.29) is 37.1 Å². The maximum atomic E-state index is 9.77. The summed E-state index contributed by atoms with van der Waals surface area (Å²) in [6.07, 6.45) is 1.05. The monoisotopic (exact) mass is 286 g/mol. The van der Waals surface area contributed by atoms with Crippen LogP contribution in [0, 0.1) is 0 Å². The van der Waals surface area contributed by atoms with Crippen molar-refractivity contribution in [3.05, 3.63) is 0 Å². The first-order chi connectivity index (χ1) is 9.47. The van der Waals surface area contributed by atoms with Crippen molar-refractivity contribution in [2.45, 2.75) is 58.2 Å². The Kier molecular flexibility index (Phi) is 5.81. The van der Waals surface area contributed by atoms with Crippen molar-refractivity contribution in [3.63, 3.8) is 0 Å². The highest BCUT2D eigenvalue weighted by atomic mass is 16.5. The van der Waals surface area contributed by atoms with Crippen molar-refractivity contribution >= 4 is 0 Å². The second-order valence-corrected chi connectivity index (χ2v) is 6.52. The molecule has 1 N–H and O–H groups in total. The maximum Gasteiger partial charge on any atom is 0.0678 e. The Balaban J connectivity index is 1.91. The number of rotatable bonds is 4. The number of nitrogens with zero attached hydrogens (tertiary/aromatic N) is 2.